The van der Waals surface area contributed by atoms with E-state index in [0.717, 1.165) is 23.9 Å². The summed E-state index contributed by atoms with van der Waals surface area (Å²) in [5.74, 6) is 1.06. The van der Waals surface area contributed by atoms with Crippen LogP contribution in [0.15, 0.2) is 24.3 Å². The zero-order valence-electron chi connectivity index (χ0n) is 15.8. The zero-order valence-corrected chi connectivity index (χ0v) is 15.8. The number of nitrogens with one attached hydrogen (secondary N) is 1. The van der Waals surface area contributed by atoms with Gasteiger partial charge in [-0.15, -0.1) is 0 Å². The lowest BCUT2D eigenvalue weighted by Gasteiger charge is -2.34. The summed E-state index contributed by atoms with van der Waals surface area (Å²) in [5.41, 5.74) is 1.09. The first-order chi connectivity index (χ1) is 12.4. The molecule has 140 valence electrons. The highest BCUT2D eigenvalue weighted by Crippen LogP contribution is 2.25. The monoisotopic (exact) mass is 358 g/mol. The molecule has 0 spiro atoms. The Bertz CT molecular complexity index is 788. The molecule has 2 heterocycles. The van der Waals surface area contributed by atoms with Gasteiger partial charge in [-0.05, 0) is 45.7 Å². The molecule has 0 saturated carbocycles. The maximum Gasteiger partial charge on any atom is 0.410 e. The first-order valence-electron chi connectivity index (χ1n) is 8.91. The number of para-hydroxylation sites is 2. The van der Waals surface area contributed by atoms with E-state index in [-0.39, 0.29) is 12.1 Å². The van der Waals surface area contributed by atoms with E-state index in [1.165, 1.54) is 0 Å². The molecule has 0 radical (unpaired) electrons. The lowest BCUT2D eigenvalue weighted by Crippen LogP contribution is -2.47. The number of hydrogen-bond donors (Lipinski definition) is 1. The van der Waals surface area contributed by atoms with E-state index in [4.69, 9.17) is 9.47 Å². The standard InChI is InChI=1S/C19H26N4O3/c1-19(2,3)26-18(24)23-11-7-8-13(12-23)20-16-17(25-4)22-15-10-6-5-9-14(15)21-16/h5-6,9-10,13H,7-8,11-12H2,1-4H3,(H,20,21)/t13-/m1/s1. The van der Waals surface area contributed by atoms with E-state index in [0.29, 0.717) is 24.8 Å². The summed E-state index contributed by atoms with van der Waals surface area (Å²) < 4.78 is 10.9. The second-order valence-electron chi connectivity index (χ2n) is 7.48. The second-order valence-corrected chi connectivity index (χ2v) is 7.48. The van der Waals surface area contributed by atoms with Crippen LogP contribution in [0.25, 0.3) is 11.0 Å². The van der Waals surface area contributed by atoms with Crippen LogP contribution in [-0.4, -0.2) is 52.8 Å². The summed E-state index contributed by atoms with van der Waals surface area (Å²) in [6.45, 7) is 6.89. The molecule has 1 aromatic carbocycles. The van der Waals surface area contributed by atoms with Crippen molar-refractivity contribution >= 4 is 22.9 Å². The fraction of sp³-hybridized carbons (Fsp3) is 0.526. The third-order valence-corrected chi connectivity index (χ3v) is 4.15. The molecule has 1 aromatic heterocycles. The average Bonchev–Trinajstić information content (AvgIpc) is 2.60. The lowest BCUT2D eigenvalue weighted by molar-refractivity contribution is 0.0206. The molecular weight excluding hydrogens is 332 g/mol. The summed E-state index contributed by atoms with van der Waals surface area (Å²) >= 11 is 0. The molecule has 1 saturated heterocycles. The van der Waals surface area contributed by atoms with Crippen LogP contribution < -0.4 is 10.1 Å². The third kappa shape index (κ3) is 4.33. The van der Waals surface area contributed by atoms with Crippen molar-refractivity contribution in [3.05, 3.63) is 24.3 Å². The van der Waals surface area contributed by atoms with Gasteiger partial charge in [0.15, 0.2) is 5.82 Å². The molecule has 1 N–H and O–H groups in total. The topological polar surface area (TPSA) is 76.6 Å². The zero-order chi connectivity index (χ0) is 18.7. The first-order valence-corrected chi connectivity index (χ1v) is 8.91. The number of anilines is 1. The van der Waals surface area contributed by atoms with Crippen molar-refractivity contribution in [2.45, 2.75) is 45.3 Å². The van der Waals surface area contributed by atoms with Crippen LogP contribution in [0.3, 0.4) is 0 Å². The maximum atomic E-state index is 12.3. The smallest absolute Gasteiger partial charge is 0.410 e. The van der Waals surface area contributed by atoms with Gasteiger partial charge in [0.25, 0.3) is 5.88 Å². The number of carbonyl (C=O) groups is 1. The number of piperidine rings is 1. The van der Waals surface area contributed by atoms with Gasteiger partial charge in [-0.3, -0.25) is 0 Å². The summed E-state index contributed by atoms with van der Waals surface area (Å²) in [6.07, 6.45) is 1.57. The van der Waals surface area contributed by atoms with Crippen LogP contribution in [0.4, 0.5) is 10.6 Å². The average molecular weight is 358 g/mol. The van der Waals surface area contributed by atoms with Crippen molar-refractivity contribution in [3.8, 4) is 5.88 Å². The van der Waals surface area contributed by atoms with E-state index in [1.807, 2.05) is 45.0 Å². The van der Waals surface area contributed by atoms with Crippen LogP contribution in [-0.2, 0) is 4.74 Å². The van der Waals surface area contributed by atoms with E-state index < -0.39 is 5.60 Å². The molecule has 1 aliphatic rings. The third-order valence-electron chi connectivity index (χ3n) is 4.15. The molecule has 7 heteroatoms. The number of likely N-dealkylation sites (tertiary alicyclic amines) is 1. The molecule has 1 amide bonds. The Morgan fingerprint density at radius 2 is 1.92 bits per heavy atom. The van der Waals surface area contributed by atoms with Crippen molar-refractivity contribution in [2.75, 3.05) is 25.5 Å². The van der Waals surface area contributed by atoms with E-state index in [9.17, 15) is 4.79 Å². The Kier molecular flexibility index (Phi) is 5.15. The number of amides is 1. The molecule has 0 aliphatic carbocycles. The molecule has 2 aromatic rings. The number of methoxy groups -OCH3 is 1. The van der Waals surface area contributed by atoms with Gasteiger partial charge >= 0.3 is 6.09 Å². The molecule has 26 heavy (non-hydrogen) atoms. The van der Waals surface area contributed by atoms with Gasteiger partial charge in [-0.1, -0.05) is 12.1 Å². The van der Waals surface area contributed by atoms with E-state index >= 15 is 0 Å². The summed E-state index contributed by atoms with van der Waals surface area (Å²) in [6, 6.07) is 7.74. The van der Waals surface area contributed by atoms with Gasteiger partial charge in [-0.2, -0.15) is 0 Å². The molecule has 3 rings (SSSR count). The van der Waals surface area contributed by atoms with Gasteiger partial charge in [-0.25, -0.2) is 14.8 Å². The van der Waals surface area contributed by atoms with Crippen molar-refractivity contribution in [3.63, 3.8) is 0 Å². The van der Waals surface area contributed by atoms with Crippen LogP contribution in [0.5, 0.6) is 5.88 Å². The van der Waals surface area contributed by atoms with E-state index in [2.05, 4.69) is 15.3 Å². The lowest BCUT2D eigenvalue weighted by atomic mass is 10.1. The minimum atomic E-state index is -0.496. The normalized spacial score (nSPS) is 17.8. The molecule has 1 atom stereocenters. The van der Waals surface area contributed by atoms with Crippen LogP contribution in [0.2, 0.25) is 0 Å². The Morgan fingerprint density at radius 3 is 2.58 bits per heavy atom. The largest absolute Gasteiger partial charge is 0.478 e. The van der Waals surface area contributed by atoms with Gasteiger partial charge in [0.2, 0.25) is 0 Å². The summed E-state index contributed by atoms with van der Waals surface area (Å²) in [7, 11) is 1.58. The number of aromatic nitrogens is 2. The van der Waals surface area contributed by atoms with Gasteiger partial charge < -0.3 is 19.7 Å². The fourth-order valence-corrected chi connectivity index (χ4v) is 3.00. The quantitative estimate of drug-likeness (QED) is 0.906. The first kappa shape index (κ1) is 18.2. The highest BCUT2D eigenvalue weighted by atomic mass is 16.6. The minimum Gasteiger partial charge on any atom is -0.478 e. The minimum absolute atomic E-state index is 0.0700. The highest BCUT2D eigenvalue weighted by Gasteiger charge is 2.28. The number of hydrogen-bond acceptors (Lipinski definition) is 6. The van der Waals surface area contributed by atoms with Crippen molar-refractivity contribution in [1.29, 1.82) is 0 Å². The second kappa shape index (κ2) is 7.35. The molecule has 0 unspecified atom stereocenters. The van der Waals surface area contributed by atoms with Crippen molar-refractivity contribution in [2.24, 2.45) is 0 Å². The molecule has 1 fully saturated rings. The molecule has 1 aliphatic heterocycles. The number of fused-ring (bicyclic) bond motifs is 1. The Balaban J connectivity index is 1.74. The van der Waals surface area contributed by atoms with E-state index in [1.54, 1.807) is 12.0 Å². The molecular formula is C19H26N4O3. The maximum absolute atomic E-state index is 12.3. The van der Waals surface area contributed by atoms with Crippen LogP contribution in [0, 0.1) is 0 Å². The van der Waals surface area contributed by atoms with Crippen LogP contribution >= 0.6 is 0 Å². The molecule has 7 nitrogen and oxygen atoms in total. The van der Waals surface area contributed by atoms with Crippen molar-refractivity contribution in [1.82, 2.24) is 14.9 Å². The summed E-state index contributed by atoms with van der Waals surface area (Å²) in [4.78, 5) is 23.2. The fourth-order valence-electron chi connectivity index (χ4n) is 3.00. The van der Waals surface area contributed by atoms with Crippen molar-refractivity contribution < 1.29 is 14.3 Å². The number of benzene rings is 1. The van der Waals surface area contributed by atoms with Crippen LogP contribution in [0.1, 0.15) is 33.6 Å². The highest BCUT2D eigenvalue weighted by molar-refractivity contribution is 5.77. The number of rotatable bonds is 3. The Hall–Kier alpha value is -2.57. The Labute approximate surface area is 153 Å². The summed E-state index contributed by atoms with van der Waals surface area (Å²) in [5, 5.41) is 3.39. The number of ether oxygens (including phenoxy) is 2. The van der Waals surface area contributed by atoms with Gasteiger partial charge in [0.05, 0.1) is 18.1 Å². The predicted octanol–water partition coefficient (Wildman–Crippen LogP) is 3.45. The number of nitrogens with zero attached hydrogens (tertiary/aromatic N) is 3. The Morgan fingerprint density at radius 1 is 1.23 bits per heavy atom. The molecule has 0 bridgehead atoms. The van der Waals surface area contributed by atoms with Gasteiger partial charge in [0.1, 0.15) is 5.60 Å². The van der Waals surface area contributed by atoms with Gasteiger partial charge in [0, 0.05) is 19.1 Å². The number of carbonyl (C=O) groups excluding carboxylic acids is 1. The SMILES string of the molecule is COc1nc2ccccc2nc1N[C@@H]1CCCN(C(=O)OC(C)(C)C)C1. The predicted molar refractivity (Wildman–Crippen MR) is 101 cm³/mol.